The first kappa shape index (κ1) is 22.7. The zero-order valence-electron chi connectivity index (χ0n) is 18.1. The maximum atomic E-state index is 13.2. The number of amides is 1. The molecular weight excluding hydrogens is 490 g/mol. The summed E-state index contributed by atoms with van der Waals surface area (Å²) >= 11 is 3.39. The molecule has 0 spiro atoms. The third-order valence-corrected chi connectivity index (χ3v) is 5.87. The van der Waals surface area contributed by atoms with E-state index in [1.807, 2.05) is 6.92 Å². The molecule has 1 amide bonds. The Morgan fingerprint density at radius 1 is 1.15 bits per heavy atom. The minimum Gasteiger partial charge on any atom is -0.507 e. The number of ketones is 1. The zero-order valence-corrected chi connectivity index (χ0v) is 19.7. The number of hydrogen-bond donors (Lipinski definition) is 1. The van der Waals surface area contributed by atoms with E-state index in [1.54, 1.807) is 54.6 Å². The van der Waals surface area contributed by atoms with Crippen LogP contribution in [0.3, 0.4) is 0 Å². The average molecular weight is 512 g/mol. The van der Waals surface area contributed by atoms with Gasteiger partial charge in [0.05, 0.1) is 30.0 Å². The summed E-state index contributed by atoms with van der Waals surface area (Å²) in [5.74, 6) is -0.381. The number of methoxy groups -OCH3 is 1. The van der Waals surface area contributed by atoms with Gasteiger partial charge in [-0.15, -0.1) is 0 Å². The summed E-state index contributed by atoms with van der Waals surface area (Å²) in [6, 6.07) is 14.2. The molecule has 1 saturated heterocycles. The van der Waals surface area contributed by atoms with Crippen molar-refractivity contribution in [3.05, 3.63) is 82.2 Å². The minimum atomic E-state index is -0.942. The fourth-order valence-corrected chi connectivity index (χ4v) is 4.27. The number of Topliss-reactive ketones (excluding diaryl/α,β-unsaturated/α-hetero) is 1. The predicted molar refractivity (Wildman–Crippen MR) is 126 cm³/mol. The van der Waals surface area contributed by atoms with Crippen LogP contribution in [0.15, 0.2) is 75.3 Å². The molecule has 8 heteroatoms. The van der Waals surface area contributed by atoms with Crippen molar-refractivity contribution in [1.82, 2.24) is 0 Å². The van der Waals surface area contributed by atoms with Crippen LogP contribution in [0.25, 0.3) is 5.76 Å². The van der Waals surface area contributed by atoms with Crippen LogP contribution in [-0.4, -0.2) is 30.5 Å². The Bertz CT molecular complexity index is 1220. The number of ether oxygens (including phenoxy) is 2. The number of rotatable bonds is 7. The van der Waals surface area contributed by atoms with Gasteiger partial charge in [0, 0.05) is 17.3 Å². The molecule has 170 valence electrons. The van der Waals surface area contributed by atoms with E-state index in [0.29, 0.717) is 39.6 Å². The molecule has 1 N–H and O–H groups in total. The summed E-state index contributed by atoms with van der Waals surface area (Å²) in [5, 5.41) is 11.2. The number of halogens is 1. The van der Waals surface area contributed by atoms with Crippen molar-refractivity contribution in [3.63, 3.8) is 0 Å². The van der Waals surface area contributed by atoms with Crippen LogP contribution in [0.5, 0.6) is 11.5 Å². The maximum absolute atomic E-state index is 13.2. The van der Waals surface area contributed by atoms with E-state index >= 15 is 0 Å². The number of aliphatic hydroxyl groups is 1. The van der Waals surface area contributed by atoms with E-state index in [1.165, 1.54) is 18.3 Å². The molecule has 1 fully saturated rings. The van der Waals surface area contributed by atoms with Crippen molar-refractivity contribution < 1.29 is 28.6 Å². The van der Waals surface area contributed by atoms with Crippen molar-refractivity contribution in [2.24, 2.45) is 0 Å². The predicted octanol–water partition coefficient (Wildman–Crippen LogP) is 5.47. The SMILES string of the molecule is CCCOc1cccc(N2C(=O)C(=O)/C(=C(\O)c3ccc(OC)c(Br)c3)C2c2ccco2)c1. The highest BCUT2D eigenvalue weighted by atomic mass is 79.9. The summed E-state index contributed by atoms with van der Waals surface area (Å²) in [5.41, 5.74) is 0.756. The van der Waals surface area contributed by atoms with Crippen LogP contribution in [0, 0.1) is 0 Å². The van der Waals surface area contributed by atoms with Gasteiger partial charge in [-0.1, -0.05) is 13.0 Å². The van der Waals surface area contributed by atoms with Crippen LogP contribution >= 0.6 is 15.9 Å². The molecule has 0 aliphatic carbocycles. The van der Waals surface area contributed by atoms with Crippen LogP contribution in [0.2, 0.25) is 0 Å². The lowest BCUT2D eigenvalue weighted by Crippen LogP contribution is -2.29. The van der Waals surface area contributed by atoms with Crippen molar-refractivity contribution in [1.29, 1.82) is 0 Å². The van der Waals surface area contributed by atoms with E-state index < -0.39 is 17.7 Å². The first-order valence-electron chi connectivity index (χ1n) is 10.4. The maximum Gasteiger partial charge on any atom is 0.300 e. The quantitative estimate of drug-likeness (QED) is 0.257. The third-order valence-electron chi connectivity index (χ3n) is 5.25. The Morgan fingerprint density at radius 2 is 1.97 bits per heavy atom. The Kier molecular flexibility index (Phi) is 6.55. The molecule has 0 bridgehead atoms. The van der Waals surface area contributed by atoms with Gasteiger partial charge in [-0.05, 0) is 64.8 Å². The molecule has 0 saturated carbocycles. The smallest absolute Gasteiger partial charge is 0.300 e. The second-order valence-electron chi connectivity index (χ2n) is 7.38. The highest BCUT2D eigenvalue weighted by molar-refractivity contribution is 9.10. The highest BCUT2D eigenvalue weighted by Gasteiger charge is 2.48. The lowest BCUT2D eigenvalue weighted by molar-refractivity contribution is -0.132. The molecule has 2 heterocycles. The molecule has 1 aromatic heterocycles. The van der Waals surface area contributed by atoms with Crippen LogP contribution in [0.4, 0.5) is 5.69 Å². The Morgan fingerprint density at radius 3 is 2.64 bits per heavy atom. The largest absolute Gasteiger partial charge is 0.507 e. The lowest BCUT2D eigenvalue weighted by atomic mass is 9.99. The first-order valence-corrected chi connectivity index (χ1v) is 11.2. The standard InChI is InChI=1S/C25H22BrNO6/c1-3-11-32-17-7-4-6-16(14-17)27-22(20-8-5-12-33-20)21(24(29)25(27)30)23(28)15-9-10-19(31-2)18(26)13-15/h4-10,12-14,22,28H,3,11H2,1-2H3/b23-21-. The fourth-order valence-electron chi connectivity index (χ4n) is 3.73. The number of aliphatic hydroxyl groups excluding tert-OH is 1. The molecule has 3 aromatic rings. The summed E-state index contributed by atoms with van der Waals surface area (Å²) in [4.78, 5) is 27.6. The highest BCUT2D eigenvalue weighted by Crippen LogP contribution is 2.43. The molecule has 33 heavy (non-hydrogen) atoms. The van der Waals surface area contributed by atoms with Gasteiger partial charge in [-0.25, -0.2) is 0 Å². The molecule has 1 aliphatic rings. The number of nitrogens with zero attached hydrogens (tertiary/aromatic N) is 1. The van der Waals surface area contributed by atoms with Gasteiger partial charge in [0.1, 0.15) is 29.1 Å². The summed E-state index contributed by atoms with van der Waals surface area (Å²) in [7, 11) is 1.53. The van der Waals surface area contributed by atoms with Gasteiger partial charge in [0.15, 0.2) is 0 Å². The Labute approximate surface area is 199 Å². The lowest BCUT2D eigenvalue weighted by Gasteiger charge is -2.24. The van der Waals surface area contributed by atoms with Gasteiger partial charge < -0.3 is 19.0 Å². The fraction of sp³-hybridized carbons (Fsp3) is 0.200. The van der Waals surface area contributed by atoms with Crippen molar-refractivity contribution in [2.75, 3.05) is 18.6 Å². The van der Waals surface area contributed by atoms with E-state index in [0.717, 1.165) is 6.42 Å². The number of hydrogen-bond acceptors (Lipinski definition) is 6. The minimum absolute atomic E-state index is 0.0631. The Balaban J connectivity index is 1.85. The number of benzene rings is 2. The summed E-state index contributed by atoms with van der Waals surface area (Å²) < 4.78 is 17.1. The molecule has 4 rings (SSSR count). The van der Waals surface area contributed by atoms with Gasteiger partial charge in [0.2, 0.25) is 0 Å². The molecule has 1 aliphatic heterocycles. The van der Waals surface area contributed by atoms with E-state index in [2.05, 4.69) is 15.9 Å². The average Bonchev–Trinajstić information content (AvgIpc) is 3.44. The van der Waals surface area contributed by atoms with Crippen molar-refractivity contribution >= 4 is 39.1 Å². The molecule has 1 atom stereocenters. The van der Waals surface area contributed by atoms with E-state index in [-0.39, 0.29) is 11.3 Å². The normalized spacial score (nSPS) is 17.4. The molecular formula is C25H22BrNO6. The number of anilines is 1. The van der Waals surface area contributed by atoms with E-state index in [9.17, 15) is 14.7 Å². The van der Waals surface area contributed by atoms with Gasteiger partial charge in [-0.3, -0.25) is 14.5 Å². The van der Waals surface area contributed by atoms with E-state index in [4.69, 9.17) is 13.9 Å². The monoisotopic (exact) mass is 511 g/mol. The van der Waals surface area contributed by atoms with Gasteiger partial charge in [0.25, 0.3) is 11.7 Å². The number of carbonyl (C=O) groups excluding carboxylic acids is 2. The Hall–Kier alpha value is -3.52. The second kappa shape index (κ2) is 9.54. The topological polar surface area (TPSA) is 89.2 Å². The van der Waals surface area contributed by atoms with Crippen LogP contribution in [-0.2, 0) is 9.59 Å². The second-order valence-corrected chi connectivity index (χ2v) is 8.23. The molecule has 0 radical (unpaired) electrons. The number of furan rings is 1. The summed E-state index contributed by atoms with van der Waals surface area (Å²) in [6.45, 7) is 2.52. The molecule has 2 aromatic carbocycles. The van der Waals surface area contributed by atoms with Crippen LogP contribution in [0.1, 0.15) is 30.7 Å². The van der Waals surface area contributed by atoms with Gasteiger partial charge >= 0.3 is 0 Å². The van der Waals surface area contributed by atoms with Crippen molar-refractivity contribution in [3.8, 4) is 11.5 Å². The molecule has 1 unspecified atom stereocenters. The van der Waals surface area contributed by atoms with Gasteiger partial charge in [-0.2, -0.15) is 0 Å². The zero-order chi connectivity index (χ0) is 23.5. The third kappa shape index (κ3) is 4.26. The summed E-state index contributed by atoms with van der Waals surface area (Å²) in [6.07, 6.45) is 2.29. The van der Waals surface area contributed by atoms with Crippen LogP contribution < -0.4 is 14.4 Å². The first-order chi connectivity index (χ1) is 16.0. The molecule has 7 nitrogen and oxygen atoms in total. The van der Waals surface area contributed by atoms with Crippen molar-refractivity contribution in [2.45, 2.75) is 19.4 Å². The number of carbonyl (C=O) groups is 2.